The molecule has 88 valence electrons. The summed E-state index contributed by atoms with van der Waals surface area (Å²) in [6, 6.07) is 8.39. The molecular weight excluding hydrogens is 214 g/mol. The molecule has 0 atom stereocenters. The fourth-order valence-electron chi connectivity index (χ4n) is 1.24. The molecule has 0 amide bonds. The van der Waals surface area contributed by atoms with Crippen molar-refractivity contribution in [2.45, 2.75) is 34.1 Å². The highest BCUT2D eigenvalue weighted by atomic mass is 32.2. The van der Waals surface area contributed by atoms with Crippen LogP contribution in [0.25, 0.3) is 0 Å². The van der Waals surface area contributed by atoms with E-state index < -0.39 is 0 Å². The minimum Gasteiger partial charge on any atom is -0.247 e. The zero-order valence-electron chi connectivity index (χ0n) is 10.7. The first kappa shape index (κ1) is 13.3. The van der Waals surface area contributed by atoms with Crippen molar-refractivity contribution >= 4 is 22.5 Å². The van der Waals surface area contributed by atoms with Gasteiger partial charge in [-0.05, 0) is 31.4 Å². The Labute approximate surface area is 103 Å². The van der Waals surface area contributed by atoms with Gasteiger partial charge in [0, 0.05) is 5.75 Å². The van der Waals surface area contributed by atoms with E-state index >= 15 is 0 Å². The van der Waals surface area contributed by atoms with Gasteiger partial charge in [0.1, 0.15) is 0 Å². The molecular formula is C14H21NS. The third kappa shape index (κ3) is 4.84. The van der Waals surface area contributed by atoms with Crippen LogP contribution in [0.1, 0.15) is 32.8 Å². The van der Waals surface area contributed by atoms with Crippen molar-refractivity contribution < 1.29 is 0 Å². The molecule has 0 fully saturated rings. The number of rotatable bonds is 4. The number of benzene rings is 1. The first-order valence-electron chi connectivity index (χ1n) is 5.88. The molecule has 0 aliphatic heterocycles. The normalized spacial score (nSPS) is 12.2. The monoisotopic (exact) mass is 235 g/mol. The predicted molar refractivity (Wildman–Crippen MR) is 75.9 cm³/mol. The number of nitrogens with zero attached hydrogens (tertiary/aromatic N) is 1. The minimum atomic E-state index is 0.722. The SMILES string of the molecule is CCC(=Nc1ccc(C)cc1)SCC(C)C. The Morgan fingerprint density at radius 3 is 2.38 bits per heavy atom. The van der Waals surface area contributed by atoms with Gasteiger partial charge in [0.15, 0.2) is 0 Å². The van der Waals surface area contributed by atoms with Crippen LogP contribution in [0.2, 0.25) is 0 Å². The number of aliphatic imine (C=N–C) groups is 1. The topological polar surface area (TPSA) is 12.4 Å². The third-order valence-corrected chi connectivity index (χ3v) is 3.72. The number of aryl methyl sites for hydroxylation is 1. The lowest BCUT2D eigenvalue weighted by Gasteiger charge is -2.06. The molecule has 0 aromatic heterocycles. The third-order valence-electron chi connectivity index (χ3n) is 2.17. The lowest BCUT2D eigenvalue weighted by molar-refractivity contribution is 0.752. The summed E-state index contributed by atoms with van der Waals surface area (Å²) < 4.78 is 0. The van der Waals surface area contributed by atoms with Gasteiger partial charge in [0.05, 0.1) is 10.7 Å². The van der Waals surface area contributed by atoms with E-state index in [2.05, 4.69) is 57.0 Å². The van der Waals surface area contributed by atoms with Crippen molar-refractivity contribution in [3.63, 3.8) is 0 Å². The molecule has 1 nitrogen and oxygen atoms in total. The maximum Gasteiger partial charge on any atom is 0.0735 e. The second-order valence-corrected chi connectivity index (χ2v) is 5.49. The van der Waals surface area contributed by atoms with Crippen molar-refractivity contribution in [3.8, 4) is 0 Å². The molecule has 0 saturated carbocycles. The molecule has 0 radical (unpaired) electrons. The van der Waals surface area contributed by atoms with Gasteiger partial charge in [0.25, 0.3) is 0 Å². The van der Waals surface area contributed by atoms with Crippen LogP contribution in [0, 0.1) is 12.8 Å². The molecule has 0 aliphatic rings. The van der Waals surface area contributed by atoms with E-state index in [1.165, 1.54) is 10.6 Å². The smallest absolute Gasteiger partial charge is 0.0735 e. The van der Waals surface area contributed by atoms with E-state index in [1.54, 1.807) is 0 Å². The zero-order valence-corrected chi connectivity index (χ0v) is 11.5. The average molecular weight is 235 g/mol. The summed E-state index contributed by atoms with van der Waals surface area (Å²) >= 11 is 1.88. The van der Waals surface area contributed by atoms with Gasteiger partial charge >= 0.3 is 0 Å². The lowest BCUT2D eigenvalue weighted by Crippen LogP contribution is -1.97. The number of thioether (sulfide) groups is 1. The lowest BCUT2D eigenvalue weighted by atomic mass is 10.2. The average Bonchev–Trinajstić information content (AvgIpc) is 2.26. The van der Waals surface area contributed by atoms with Crippen molar-refractivity contribution in [2.75, 3.05) is 5.75 Å². The Morgan fingerprint density at radius 1 is 1.25 bits per heavy atom. The van der Waals surface area contributed by atoms with Crippen LogP contribution in [0.4, 0.5) is 5.69 Å². The van der Waals surface area contributed by atoms with Crippen LogP contribution in [0.15, 0.2) is 29.3 Å². The maximum atomic E-state index is 4.67. The van der Waals surface area contributed by atoms with Crippen molar-refractivity contribution in [2.24, 2.45) is 10.9 Å². The summed E-state index contributed by atoms with van der Waals surface area (Å²) in [4.78, 5) is 4.67. The van der Waals surface area contributed by atoms with Crippen LogP contribution in [-0.4, -0.2) is 10.8 Å². The predicted octanol–water partition coefficient (Wildman–Crippen LogP) is 4.82. The maximum absolute atomic E-state index is 4.67. The molecule has 1 aromatic rings. The van der Waals surface area contributed by atoms with Crippen LogP contribution in [0.3, 0.4) is 0 Å². The van der Waals surface area contributed by atoms with Crippen LogP contribution < -0.4 is 0 Å². The Kier molecular flexibility index (Phi) is 5.61. The molecule has 0 unspecified atom stereocenters. The summed E-state index contributed by atoms with van der Waals surface area (Å²) in [6.07, 6.45) is 1.02. The highest BCUT2D eigenvalue weighted by molar-refractivity contribution is 8.13. The fraction of sp³-hybridized carbons (Fsp3) is 0.500. The molecule has 2 heteroatoms. The van der Waals surface area contributed by atoms with Crippen molar-refractivity contribution in [3.05, 3.63) is 29.8 Å². The highest BCUT2D eigenvalue weighted by Gasteiger charge is 2.00. The largest absolute Gasteiger partial charge is 0.247 e. The van der Waals surface area contributed by atoms with Gasteiger partial charge in [-0.25, -0.2) is 4.99 Å². The van der Waals surface area contributed by atoms with E-state index in [9.17, 15) is 0 Å². The van der Waals surface area contributed by atoms with E-state index in [4.69, 9.17) is 0 Å². The molecule has 0 aliphatic carbocycles. The highest BCUT2D eigenvalue weighted by Crippen LogP contribution is 2.19. The standard InChI is InChI=1S/C14H21NS/c1-5-14(16-10-11(2)3)15-13-8-6-12(4)7-9-13/h6-9,11H,5,10H2,1-4H3. The quantitative estimate of drug-likeness (QED) is 0.538. The second kappa shape index (κ2) is 6.74. The molecule has 0 saturated heterocycles. The summed E-state index contributed by atoms with van der Waals surface area (Å²) in [5.41, 5.74) is 2.35. The molecule has 16 heavy (non-hydrogen) atoms. The molecule has 0 N–H and O–H groups in total. The van der Waals surface area contributed by atoms with E-state index in [0.29, 0.717) is 0 Å². The summed E-state index contributed by atoms with van der Waals surface area (Å²) in [6.45, 7) is 8.75. The summed E-state index contributed by atoms with van der Waals surface area (Å²) in [7, 11) is 0. The van der Waals surface area contributed by atoms with Crippen LogP contribution in [0.5, 0.6) is 0 Å². The molecule has 0 bridgehead atoms. The van der Waals surface area contributed by atoms with Gasteiger partial charge in [-0.3, -0.25) is 0 Å². The first-order valence-corrected chi connectivity index (χ1v) is 6.87. The van der Waals surface area contributed by atoms with Crippen LogP contribution in [-0.2, 0) is 0 Å². The van der Waals surface area contributed by atoms with Crippen molar-refractivity contribution in [1.82, 2.24) is 0 Å². The van der Waals surface area contributed by atoms with Crippen LogP contribution >= 0.6 is 11.8 Å². The Hall–Kier alpha value is -0.760. The summed E-state index contributed by atoms with van der Waals surface area (Å²) in [5.74, 6) is 1.87. The van der Waals surface area contributed by atoms with Gasteiger partial charge < -0.3 is 0 Å². The van der Waals surface area contributed by atoms with Crippen molar-refractivity contribution in [1.29, 1.82) is 0 Å². The zero-order chi connectivity index (χ0) is 12.0. The second-order valence-electron chi connectivity index (χ2n) is 4.40. The molecule has 1 rings (SSSR count). The van der Waals surface area contributed by atoms with Gasteiger partial charge in [-0.15, -0.1) is 11.8 Å². The van der Waals surface area contributed by atoms with Gasteiger partial charge in [-0.2, -0.15) is 0 Å². The van der Waals surface area contributed by atoms with Gasteiger partial charge in [0.2, 0.25) is 0 Å². The molecule has 0 spiro atoms. The minimum absolute atomic E-state index is 0.722. The summed E-state index contributed by atoms with van der Waals surface area (Å²) in [5, 5.41) is 1.23. The number of hydrogen-bond donors (Lipinski definition) is 0. The van der Waals surface area contributed by atoms with E-state index in [-0.39, 0.29) is 0 Å². The Bertz CT molecular complexity index is 338. The number of hydrogen-bond acceptors (Lipinski definition) is 2. The Morgan fingerprint density at radius 2 is 1.88 bits per heavy atom. The fourth-order valence-corrected chi connectivity index (χ4v) is 2.14. The van der Waals surface area contributed by atoms with E-state index in [1.807, 2.05) is 11.8 Å². The van der Waals surface area contributed by atoms with E-state index in [0.717, 1.165) is 23.8 Å². The van der Waals surface area contributed by atoms with Gasteiger partial charge in [-0.1, -0.05) is 38.5 Å². The first-order chi connectivity index (χ1) is 7.61. The molecule has 1 aromatic carbocycles. The molecule has 0 heterocycles. The Balaban J connectivity index is 2.67.